The number of phenols is 2. The van der Waals surface area contributed by atoms with Crippen LogP contribution in [0.5, 0.6) is 11.5 Å². The second-order valence-corrected chi connectivity index (χ2v) is 2.65. The van der Waals surface area contributed by atoms with Gasteiger partial charge in [0.2, 0.25) is 6.61 Å². The zero-order valence-electron chi connectivity index (χ0n) is 7.62. The van der Waals surface area contributed by atoms with E-state index in [9.17, 15) is 4.79 Å². The Labute approximate surface area is 85.0 Å². The minimum Gasteiger partial charge on any atom is -0.504 e. The van der Waals surface area contributed by atoms with Crippen molar-refractivity contribution in [2.45, 2.75) is 0 Å². The van der Waals surface area contributed by atoms with Crippen molar-refractivity contribution in [2.24, 2.45) is 5.16 Å². The van der Waals surface area contributed by atoms with Gasteiger partial charge < -0.3 is 20.2 Å². The Morgan fingerprint density at radius 2 is 2.13 bits per heavy atom. The molecule has 1 aromatic carbocycles. The fourth-order valence-electron chi connectivity index (χ4n) is 0.811. The summed E-state index contributed by atoms with van der Waals surface area (Å²) in [6.45, 7) is -0.527. The molecule has 0 aliphatic carbocycles. The van der Waals surface area contributed by atoms with Gasteiger partial charge >= 0.3 is 5.97 Å². The molecule has 1 aromatic rings. The molecule has 6 nitrogen and oxygen atoms in total. The number of aliphatic carboxylic acids is 1. The van der Waals surface area contributed by atoms with Crippen LogP contribution < -0.4 is 0 Å². The molecule has 0 atom stereocenters. The molecule has 0 radical (unpaired) electrons. The van der Waals surface area contributed by atoms with Gasteiger partial charge in [-0.15, -0.1) is 0 Å². The highest BCUT2D eigenvalue weighted by Gasteiger charge is 1.98. The fourth-order valence-corrected chi connectivity index (χ4v) is 0.811. The van der Waals surface area contributed by atoms with E-state index >= 15 is 0 Å². The molecule has 15 heavy (non-hydrogen) atoms. The average Bonchev–Trinajstić information content (AvgIpc) is 2.18. The first-order valence-corrected chi connectivity index (χ1v) is 3.98. The van der Waals surface area contributed by atoms with Crippen LogP contribution in [-0.2, 0) is 9.63 Å². The van der Waals surface area contributed by atoms with Crippen LogP contribution in [0.1, 0.15) is 5.56 Å². The third kappa shape index (κ3) is 3.55. The molecule has 80 valence electrons. The van der Waals surface area contributed by atoms with Crippen molar-refractivity contribution >= 4 is 12.2 Å². The van der Waals surface area contributed by atoms with Gasteiger partial charge in [0.1, 0.15) is 0 Å². The van der Waals surface area contributed by atoms with Crippen molar-refractivity contribution in [1.82, 2.24) is 0 Å². The summed E-state index contributed by atoms with van der Waals surface area (Å²) in [6, 6.07) is 4.04. The first-order chi connectivity index (χ1) is 7.09. The lowest BCUT2D eigenvalue weighted by molar-refractivity contribution is -0.142. The lowest BCUT2D eigenvalue weighted by Gasteiger charge is -1.97. The minimum atomic E-state index is -1.12. The molecule has 0 aliphatic heterocycles. The summed E-state index contributed by atoms with van der Waals surface area (Å²) >= 11 is 0. The van der Waals surface area contributed by atoms with Gasteiger partial charge in [-0.25, -0.2) is 4.79 Å². The van der Waals surface area contributed by atoms with Crippen LogP contribution in [0.4, 0.5) is 0 Å². The Hall–Kier alpha value is -2.24. The quantitative estimate of drug-likeness (QED) is 0.383. The van der Waals surface area contributed by atoms with Crippen molar-refractivity contribution in [3.05, 3.63) is 23.8 Å². The molecular weight excluding hydrogens is 202 g/mol. The van der Waals surface area contributed by atoms with E-state index in [2.05, 4.69) is 9.99 Å². The van der Waals surface area contributed by atoms with Crippen LogP contribution in [-0.4, -0.2) is 34.1 Å². The van der Waals surface area contributed by atoms with Gasteiger partial charge in [0.05, 0.1) is 6.21 Å². The van der Waals surface area contributed by atoms with E-state index in [0.717, 1.165) is 0 Å². The number of nitrogens with zero attached hydrogens (tertiary/aromatic N) is 1. The number of carbonyl (C=O) groups is 1. The van der Waals surface area contributed by atoms with Crippen LogP contribution in [0, 0.1) is 0 Å². The molecule has 0 fully saturated rings. The smallest absolute Gasteiger partial charge is 0.344 e. The van der Waals surface area contributed by atoms with Crippen molar-refractivity contribution < 1.29 is 25.0 Å². The molecule has 0 spiro atoms. The van der Waals surface area contributed by atoms with Crippen LogP contribution in [0.25, 0.3) is 0 Å². The number of rotatable bonds is 4. The average molecular weight is 211 g/mol. The summed E-state index contributed by atoms with van der Waals surface area (Å²) < 4.78 is 0. The van der Waals surface area contributed by atoms with Crippen LogP contribution >= 0.6 is 0 Å². The van der Waals surface area contributed by atoms with Gasteiger partial charge in [-0.2, -0.15) is 0 Å². The Kier molecular flexibility index (Phi) is 3.50. The molecular formula is C9H9NO5. The number of aromatic hydroxyl groups is 2. The summed E-state index contributed by atoms with van der Waals surface area (Å²) in [5.74, 6) is -1.64. The first kappa shape index (κ1) is 10.8. The standard InChI is InChI=1S/C9H9NO5/c11-7-2-1-6(3-8(7)12)4-10-15-5-9(13)14/h1-4,11-12H,5H2,(H,13,14). The maximum Gasteiger partial charge on any atom is 0.344 e. The second kappa shape index (κ2) is 4.85. The number of oxime groups is 1. The van der Waals surface area contributed by atoms with Crippen molar-refractivity contribution in [3.63, 3.8) is 0 Å². The summed E-state index contributed by atoms with van der Waals surface area (Å²) in [4.78, 5) is 14.4. The van der Waals surface area contributed by atoms with E-state index in [0.29, 0.717) is 5.56 Å². The second-order valence-electron chi connectivity index (χ2n) is 2.65. The molecule has 0 saturated carbocycles. The fraction of sp³-hybridized carbons (Fsp3) is 0.111. The van der Waals surface area contributed by atoms with Crippen molar-refractivity contribution in [3.8, 4) is 11.5 Å². The minimum absolute atomic E-state index is 0.237. The Morgan fingerprint density at radius 1 is 1.40 bits per heavy atom. The third-order valence-corrected chi connectivity index (χ3v) is 1.46. The van der Waals surface area contributed by atoms with Gasteiger partial charge in [0, 0.05) is 0 Å². The third-order valence-electron chi connectivity index (χ3n) is 1.46. The first-order valence-electron chi connectivity index (χ1n) is 3.98. The van der Waals surface area contributed by atoms with E-state index in [4.69, 9.17) is 15.3 Å². The lowest BCUT2D eigenvalue weighted by atomic mass is 10.2. The number of carboxylic acids is 1. The predicted octanol–water partition coefficient (Wildman–Crippen LogP) is 0.533. The maximum atomic E-state index is 10.0. The number of carboxylic acid groups (broad SMARTS) is 1. The number of benzene rings is 1. The normalized spacial score (nSPS) is 10.4. The van der Waals surface area contributed by atoms with E-state index in [1.165, 1.54) is 24.4 Å². The zero-order valence-corrected chi connectivity index (χ0v) is 7.62. The molecule has 0 saturated heterocycles. The van der Waals surface area contributed by atoms with Gasteiger partial charge in [0.15, 0.2) is 11.5 Å². The van der Waals surface area contributed by atoms with E-state index < -0.39 is 12.6 Å². The molecule has 0 aromatic heterocycles. The highest BCUT2D eigenvalue weighted by Crippen LogP contribution is 2.23. The van der Waals surface area contributed by atoms with Crippen LogP contribution in [0.2, 0.25) is 0 Å². The van der Waals surface area contributed by atoms with E-state index in [1.807, 2.05) is 0 Å². The molecule has 0 heterocycles. The van der Waals surface area contributed by atoms with Gasteiger partial charge in [-0.1, -0.05) is 5.16 Å². The van der Waals surface area contributed by atoms with Gasteiger partial charge in [-0.05, 0) is 23.8 Å². The van der Waals surface area contributed by atoms with Crippen molar-refractivity contribution in [1.29, 1.82) is 0 Å². The van der Waals surface area contributed by atoms with Crippen LogP contribution in [0.15, 0.2) is 23.4 Å². The van der Waals surface area contributed by atoms with E-state index in [-0.39, 0.29) is 11.5 Å². The number of phenolic OH excluding ortho intramolecular Hbond substituents is 2. The van der Waals surface area contributed by atoms with Gasteiger partial charge in [0.25, 0.3) is 0 Å². The Balaban J connectivity index is 2.57. The van der Waals surface area contributed by atoms with Crippen molar-refractivity contribution in [2.75, 3.05) is 6.61 Å². The molecule has 3 N–H and O–H groups in total. The topological polar surface area (TPSA) is 99.4 Å². The molecule has 0 aliphatic rings. The summed E-state index contributed by atoms with van der Waals surface area (Å²) in [6.07, 6.45) is 1.22. The molecule has 1 rings (SSSR count). The van der Waals surface area contributed by atoms with Gasteiger partial charge in [-0.3, -0.25) is 0 Å². The number of hydrogen-bond acceptors (Lipinski definition) is 5. The summed E-state index contributed by atoms with van der Waals surface area (Å²) in [7, 11) is 0. The predicted molar refractivity (Wildman–Crippen MR) is 51.0 cm³/mol. The monoisotopic (exact) mass is 211 g/mol. The summed E-state index contributed by atoms with van der Waals surface area (Å²) in [5.41, 5.74) is 0.482. The largest absolute Gasteiger partial charge is 0.504 e. The summed E-state index contributed by atoms with van der Waals surface area (Å²) in [5, 5.41) is 29.7. The molecule has 0 amide bonds. The Bertz CT molecular complexity index is 388. The number of hydrogen-bond donors (Lipinski definition) is 3. The zero-order chi connectivity index (χ0) is 11.3. The maximum absolute atomic E-state index is 10.0. The van der Waals surface area contributed by atoms with E-state index in [1.54, 1.807) is 0 Å². The Morgan fingerprint density at radius 3 is 2.73 bits per heavy atom. The molecule has 0 unspecified atom stereocenters. The lowest BCUT2D eigenvalue weighted by Crippen LogP contribution is -2.03. The molecule has 6 heteroatoms. The van der Waals surface area contributed by atoms with Crippen LogP contribution in [0.3, 0.4) is 0 Å². The highest BCUT2D eigenvalue weighted by molar-refractivity contribution is 5.80. The SMILES string of the molecule is O=C(O)CON=Cc1ccc(O)c(O)c1. The highest BCUT2D eigenvalue weighted by atomic mass is 16.6. The molecule has 0 bridgehead atoms.